The minimum Gasteiger partial charge on any atom is -0.310 e. The summed E-state index contributed by atoms with van der Waals surface area (Å²) in [7, 11) is 1.70. The van der Waals surface area contributed by atoms with Gasteiger partial charge in [-0.05, 0) is 24.3 Å². The van der Waals surface area contributed by atoms with E-state index in [0.29, 0.717) is 22.6 Å². The molecule has 0 atom stereocenters. The number of para-hydroxylation sites is 2. The third kappa shape index (κ3) is 3.12. The van der Waals surface area contributed by atoms with E-state index in [9.17, 15) is 9.59 Å². The van der Waals surface area contributed by atoms with Gasteiger partial charge in [0.1, 0.15) is 0 Å². The van der Waals surface area contributed by atoms with Gasteiger partial charge in [0, 0.05) is 24.2 Å². The molecule has 2 aromatic carbocycles. The summed E-state index contributed by atoms with van der Waals surface area (Å²) in [6.45, 7) is 0.700. The van der Waals surface area contributed by atoms with Crippen molar-refractivity contribution in [3.8, 4) is 0 Å². The summed E-state index contributed by atoms with van der Waals surface area (Å²) in [4.78, 5) is 32.8. The molecular weight excluding hydrogens is 366 g/mol. The number of rotatable bonds is 3. The van der Waals surface area contributed by atoms with Crippen LogP contribution in [0.5, 0.6) is 0 Å². The van der Waals surface area contributed by atoms with Gasteiger partial charge in [-0.15, -0.1) is 11.8 Å². The Balaban J connectivity index is 1.57. The van der Waals surface area contributed by atoms with Gasteiger partial charge in [0.05, 0.1) is 22.3 Å². The zero-order valence-electron chi connectivity index (χ0n) is 14.2. The quantitative estimate of drug-likeness (QED) is 0.514. The predicted molar refractivity (Wildman–Crippen MR) is 107 cm³/mol. The average molecular weight is 383 g/mol. The lowest BCUT2D eigenvalue weighted by molar-refractivity contribution is -0.116. The zero-order valence-corrected chi connectivity index (χ0v) is 15.8. The third-order valence-electron chi connectivity index (χ3n) is 4.30. The van der Waals surface area contributed by atoms with Crippen molar-refractivity contribution in [1.29, 1.82) is 0 Å². The van der Waals surface area contributed by atoms with Gasteiger partial charge in [0.2, 0.25) is 5.91 Å². The molecule has 3 aromatic rings. The molecule has 1 aliphatic rings. The Morgan fingerprint density at radius 3 is 2.85 bits per heavy atom. The maximum Gasteiger partial charge on any atom is 0.261 e. The number of carbonyl (C=O) groups is 1. The molecule has 0 saturated carbocycles. The van der Waals surface area contributed by atoms with Crippen molar-refractivity contribution < 1.29 is 4.79 Å². The monoisotopic (exact) mass is 383 g/mol. The highest BCUT2D eigenvalue weighted by Crippen LogP contribution is 2.34. The topological polar surface area (TPSA) is 55.2 Å². The maximum atomic E-state index is 12.8. The Morgan fingerprint density at radius 1 is 1.19 bits per heavy atom. The lowest BCUT2D eigenvalue weighted by Crippen LogP contribution is -2.36. The second-order valence-electron chi connectivity index (χ2n) is 5.93. The first-order chi connectivity index (χ1) is 12.6. The van der Waals surface area contributed by atoms with Gasteiger partial charge in [0.25, 0.3) is 5.56 Å². The van der Waals surface area contributed by atoms with E-state index >= 15 is 0 Å². The Labute approximate surface area is 159 Å². The fraction of sp³-hybridized carbons (Fsp3) is 0.211. The first kappa shape index (κ1) is 17.2. The maximum absolute atomic E-state index is 12.8. The van der Waals surface area contributed by atoms with Gasteiger partial charge in [-0.2, -0.15) is 0 Å². The highest BCUT2D eigenvalue weighted by molar-refractivity contribution is 8.00. The van der Waals surface area contributed by atoms with Crippen molar-refractivity contribution in [2.45, 2.75) is 10.1 Å². The fourth-order valence-corrected chi connectivity index (χ4v) is 4.80. The van der Waals surface area contributed by atoms with Gasteiger partial charge in [-0.1, -0.05) is 36.0 Å². The SMILES string of the molecule is Cn1c(SCC(=O)N2CCSc3ccccc32)nc2ccccc2c1=O. The van der Waals surface area contributed by atoms with E-state index in [-0.39, 0.29) is 17.2 Å². The number of thioether (sulfide) groups is 2. The first-order valence-electron chi connectivity index (χ1n) is 8.26. The van der Waals surface area contributed by atoms with E-state index in [4.69, 9.17) is 0 Å². The second-order valence-corrected chi connectivity index (χ2v) is 8.01. The van der Waals surface area contributed by atoms with Crippen molar-refractivity contribution in [1.82, 2.24) is 9.55 Å². The normalized spacial score (nSPS) is 13.7. The highest BCUT2D eigenvalue weighted by atomic mass is 32.2. The van der Waals surface area contributed by atoms with Crippen LogP contribution < -0.4 is 10.5 Å². The zero-order chi connectivity index (χ0) is 18.1. The van der Waals surface area contributed by atoms with Crippen molar-refractivity contribution in [2.75, 3.05) is 23.0 Å². The number of benzene rings is 2. The molecule has 0 radical (unpaired) electrons. The van der Waals surface area contributed by atoms with Gasteiger partial charge >= 0.3 is 0 Å². The molecule has 1 aliphatic heterocycles. The first-order valence-corrected chi connectivity index (χ1v) is 10.2. The lowest BCUT2D eigenvalue weighted by atomic mass is 10.2. The van der Waals surface area contributed by atoms with Crippen LogP contribution in [0.1, 0.15) is 0 Å². The van der Waals surface area contributed by atoms with Crippen LogP contribution in [-0.4, -0.2) is 33.5 Å². The molecule has 1 amide bonds. The van der Waals surface area contributed by atoms with Crippen molar-refractivity contribution in [2.24, 2.45) is 7.05 Å². The fourth-order valence-electron chi connectivity index (χ4n) is 2.96. The third-order valence-corrected chi connectivity index (χ3v) is 6.35. The Bertz CT molecular complexity index is 1050. The number of aromatic nitrogens is 2. The van der Waals surface area contributed by atoms with E-state index in [0.717, 1.165) is 16.3 Å². The Hall–Kier alpha value is -2.25. The predicted octanol–water partition coefficient (Wildman–Crippen LogP) is 3.16. The Morgan fingerprint density at radius 2 is 1.96 bits per heavy atom. The molecule has 0 aliphatic carbocycles. The highest BCUT2D eigenvalue weighted by Gasteiger charge is 2.23. The largest absolute Gasteiger partial charge is 0.310 e. The molecule has 0 saturated heterocycles. The molecule has 0 unspecified atom stereocenters. The van der Waals surface area contributed by atoms with Gasteiger partial charge < -0.3 is 4.90 Å². The molecule has 0 N–H and O–H groups in total. The number of fused-ring (bicyclic) bond motifs is 2. The number of hydrogen-bond acceptors (Lipinski definition) is 5. The standard InChI is InChI=1S/C19H17N3O2S2/c1-21-18(24)13-6-2-3-7-14(13)20-19(21)26-12-17(23)22-10-11-25-16-9-5-4-8-15(16)22/h2-9H,10-12H2,1H3. The number of hydrogen-bond donors (Lipinski definition) is 0. The molecular formula is C19H17N3O2S2. The van der Waals surface area contributed by atoms with Crippen LogP contribution in [0.3, 0.4) is 0 Å². The summed E-state index contributed by atoms with van der Waals surface area (Å²) in [5.41, 5.74) is 1.53. The van der Waals surface area contributed by atoms with Crippen LogP contribution >= 0.6 is 23.5 Å². The molecule has 2 heterocycles. The molecule has 132 valence electrons. The second kappa shape index (κ2) is 7.17. The summed E-state index contributed by atoms with van der Waals surface area (Å²) >= 11 is 3.08. The molecule has 26 heavy (non-hydrogen) atoms. The van der Waals surface area contributed by atoms with Crippen molar-refractivity contribution >= 4 is 46.0 Å². The number of nitrogens with zero attached hydrogens (tertiary/aromatic N) is 3. The smallest absolute Gasteiger partial charge is 0.261 e. The van der Waals surface area contributed by atoms with E-state index in [2.05, 4.69) is 4.98 Å². The van der Waals surface area contributed by atoms with Gasteiger partial charge in [0.15, 0.2) is 5.16 Å². The van der Waals surface area contributed by atoms with E-state index in [1.54, 1.807) is 24.9 Å². The van der Waals surface area contributed by atoms with Crippen molar-refractivity contribution in [3.05, 3.63) is 58.9 Å². The van der Waals surface area contributed by atoms with Crippen LogP contribution in [0.25, 0.3) is 10.9 Å². The van der Waals surface area contributed by atoms with E-state index < -0.39 is 0 Å². The van der Waals surface area contributed by atoms with Crippen LogP contribution in [-0.2, 0) is 11.8 Å². The summed E-state index contributed by atoms with van der Waals surface area (Å²) < 4.78 is 1.51. The molecule has 1 aromatic heterocycles. The Kier molecular flexibility index (Phi) is 4.74. The van der Waals surface area contributed by atoms with Crippen LogP contribution in [0.4, 0.5) is 5.69 Å². The van der Waals surface area contributed by atoms with Gasteiger partial charge in [-0.3, -0.25) is 14.2 Å². The number of carbonyl (C=O) groups excluding carboxylic acids is 1. The van der Waals surface area contributed by atoms with Crippen LogP contribution in [0.15, 0.2) is 63.4 Å². The van der Waals surface area contributed by atoms with Crippen LogP contribution in [0, 0.1) is 0 Å². The molecule has 0 spiro atoms. The van der Waals surface area contributed by atoms with Crippen LogP contribution in [0.2, 0.25) is 0 Å². The number of amides is 1. The van der Waals surface area contributed by atoms with E-state index in [1.165, 1.54) is 16.3 Å². The molecule has 7 heteroatoms. The molecule has 5 nitrogen and oxygen atoms in total. The minimum atomic E-state index is -0.0923. The summed E-state index contributed by atoms with van der Waals surface area (Å²) in [5.74, 6) is 1.17. The minimum absolute atomic E-state index is 0.0326. The molecule has 0 fully saturated rings. The average Bonchev–Trinajstić information content (AvgIpc) is 2.69. The van der Waals surface area contributed by atoms with E-state index in [1.807, 2.05) is 47.4 Å². The summed E-state index contributed by atoms with van der Waals surface area (Å²) in [5, 5.41) is 1.15. The lowest BCUT2D eigenvalue weighted by Gasteiger charge is -2.28. The summed E-state index contributed by atoms with van der Waals surface area (Å²) in [6, 6.07) is 15.2. The summed E-state index contributed by atoms with van der Waals surface area (Å²) in [6.07, 6.45) is 0. The molecule has 0 bridgehead atoms. The number of anilines is 1. The van der Waals surface area contributed by atoms with Crippen molar-refractivity contribution in [3.63, 3.8) is 0 Å². The molecule has 4 rings (SSSR count). The van der Waals surface area contributed by atoms with Gasteiger partial charge in [-0.25, -0.2) is 4.98 Å².